The van der Waals surface area contributed by atoms with Crippen molar-refractivity contribution in [1.29, 1.82) is 0 Å². The molecule has 0 amide bonds. The van der Waals surface area contributed by atoms with Crippen LogP contribution in [0.25, 0.3) is 0 Å². The smallest absolute Gasteiger partial charge is 0.347 e. The number of likely N-dealkylation sites (tertiary alicyclic amines) is 1. The summed E-state index contributed by atoms with van der Waals surface area (Å²) < 4.78 is 0. The van der Waals surface area contributed by atoms with E-state index in [9.17, 15) is 10.1 Å². The summed E-state index contributed by atoms with van der Waals surface area (Å²) in [5.74, 6) is 0. The number of rotatable bonds is 3. The van der Waals surface area contributed by atoms with E-state index in [1.165, 1.54) is 0 Å². The SMILES string of the molecule is CN1CC(Nc2ccsc2[N+](=O)[O-])C1. The van der Waals surface area contributed by atoms with Crippen molar-refractivity contribution in [2.75, 3.05) is 25.5 Å². The minimum absolute atomic E-state index is 0.208. The Kier molecular flexibility index (Phi) is 2.39. The summed E-state index contributed by atoms with van der Waals surface area (Å²) in [5, 5.41) is 15.7. The maximum absolute atomic E-state index is 10.6. The number of nitrogens with zero attached hydrogens (tertiary/aromatic N) is 2. The van der Waals surface area contributed by atoms with Gasteiger partial charge in [0.15, 0.2) is 0 Å². The summed E-state index contributed by atoms with van der Waals surface area (Å²) in [5.41, 5.74) is 0.651. The van der Waals surface area contributed by atoms with Crippen molar-refractivity contribution >= 4 is 22.0 Å². The molecule has 1 fully saturated rings. The third kappa shape index (κ3) is 1.71. The molecule has 14 heavy (non-hydrogen) atoms. The highest BCUT2D eigenvalue weighted by molar-refractivity contribution is 7.14. The zero-order chi connectivity index (χ0) is 10.1. The summed E-state index contributed by atoms with van der Waals surface area (Å²) in [6.07, 6.45) is 0. The van der Waals surface area contributed by atoms with Crippen molar-refractivity contribution in [3.8, 4) is 0 Å². The van der Waals surface area contributed by atoms with E-state index in [-0.39, 0.29) is 9.92 Å². The van der Waals surface area contributed by atoms with Crippen LogP contribution in [0.2, 0.25) is 0 Å². The van der Waals surface area contributed by atoms with Gasteiger partial charge in [-0.1, -0.05) is 11.3 Å². The van der Waals surface area contributed by atoms with E-state index in [1.54, 1.807) is 11.4 Å². The van der Waals surface area contributed by atoms with Crippen LogP contribution >= 0.6 is 11.3 Å². The largest absolute Gasteiger partial charge is 0.373 e. The molecular formula is C8H11N3O2S. The lowest BCUT2D eigenvalue weighted by Crippen LogP contribution is -2.52. The van der Waals surface area contributed by atoms with Crippen LogP contribution < -0.4 is 5.32 Å². The van der Waals surface area contributed by atoms with Crippen LogP contribution in [0.1, 0.15) is 0 Å². The predicted octanol–water partition coefficient (Wildman–Crippen LogP) is 1.38. The fraction of sp³-hybridized carbons (Fsp3) is 0.500. The van der Waals surface area contributed by atoms with Crippen LogP contribution in [-0.2, 0) is 0 Å². The second-order valence-electron chi connectivity index (χ2n) is 3.46. The monoisotopic (exact) mass is 213 g/mol. The molecule has 0 bridgehead atoms. The Morgan fingerprint density at radius 1 is 1.71 bits per heavy atom. The Hall–Kier alpha value is -1.14. The Morgan fingerprint density at radius 3 is 3.00 bits per heavy atom. The first kappa shape index (κ1) is 9.42. The van der Waals surface area contributed by atoms with E-state index in [0.29, 0.717) is 11.7 Å². The lowest BCUT2D eigenvalue weighted by Gasteiger charge is -2.36. The third-order valence-corrected chi connectivity index (χ3v) is 3.10. The standard InChI is InChI=1S/C8H11N3O2S/c1-10-4-6(5-10)9-7-2-3-14-8(7)11(12)13/h2-3,6,9H,4-5H2,1H3. The van der Waals surface area contributed by atoms with Gasteiger partial charge in [0.25, 0.3) is 0 Å². The van der Waals surface area contributed by atoms with Crippen LogP contribution in [0.4, 0.5) is 10.7 Å². The molecular weight excluding hydrogens is 202 g/mol. The fourth-order valence-electron chi connectivity index (χ4n) is 1.56. The minimum atomic E-state index is -0.338. The van der Waals surface area contributed by atoms with E-state index in [2.05, 4.69) is 10.2 Å². The summed E-state index contributed by atoms with van der Waals surface area (Å²) in [7, 11) is 2.03. The van der Waals surface area contributed by atoms with Gasteiger partial charge in [-0.15, -0.1) is 0 Å². The van der Waals surface area contributed by atoms with Gasteiger partial charge in [0, 0.05) is 13.1 Å². The molecule has 1 saturated heterocycles. The van der Waals surface area contributed by atoms with Crippen molar-refractivity contribution < 1.29 is 4.92 Å². The van der Waals surface area contributed by atoms with Crippen LogP contribution in [-0.4, -0.2) is 36.0 Å². The average molecular weight is 213 g/mol. The number of likely N-dealkylation sites (N-methyl/N-ethyl adjacent to an activating group) is 1. The van der Waals surface area contributed by atoms with Gasteiger partial charge in [0.2, 0.25) is 0 Å². The van der Waals surface area contributed by atoms with Crippen molar-refractivity contribution in [2.24, 2.45) is 0 Å². The molecule has 0 aliphatic carbocycles. The second-order valence-corrected chi connectivity index (χ2v) is 4.35. The lowest BCUT2D eigenvalue weighted by atomic mass is 10.1. The molecule has 0 radical (unpaired) electrons. The molecule has 6 heteroatoms. The molecule has 1 N–H and O–H groups in total. The molecule has 1 aliphatic heterocycles. The van der Waals surface area contributed by atoms with Crippen molar-refractivity contribution in [3.63, 3.8) is 0 Å². The Morgan fingerprint density at radius 2 is 2.43 bits per heavy atom. The van der Waals surface area contributed by atoms with Gasteiger partial charge < -0.3 is 10.2 Å². The lowest BCUT2D eigenvalue weighted by molar-refractivity contribution is -0.379. The number of hydrogen-bond donors (Lipinski definition) is 1. The normalized spacial score (nSPS) is 17.8. The second kappa shape index (κ2) is 3.55. The van der Waals surface area contributed by atoms with Crippen LogP contribution in [0, 0.1) is 10.1 Å². The molecule has 0 atom stereocenters. The molecule has 1 aromatic rings. The van der Waals surface area contributed by atoms with Gasteiger partial charge in [-0.05, 0) is 18.5 Å². The van der Waals surface area contributed by atoms with Crippen molar-refractivity contribution in [3.05, 3.63) is 21.6 Å². The molecule has 0 unspecified atom stereocenters. The molecule has 5 nitrogen and oxygen atoms in total. The molecule has 1 aliphatic rings. The summed E-state index contributed by atoms with van der Waals surface area (Å²) in [4.78, 5) is 12.4. The van der Waals surface area contributed by atoms with Gasteiger partial charge in [-0.3, -0.25) is 10.1 Å². The Balaban J connectivity index is 2.02. The number of anilines is 1. The number of thiophene rings is 1. The first-order chi connectivity index (χ1) is 6.66. The summed E-state index contributed by atoms with van der Waals surface area (Å²) in [6.45, 7) is 1.90. The molecule has 0 saturated carbocycles. The van der Waals surface area contributed by atoms with E-state index < -0.39 is 0 Å². The highest BCUT2D eigenvalue weighted by Gasteiger charge is 2.25. The van der Waals surface area contributed by atoms with Gasteiger partial charge in [-0.2, -0.15) is 0 Å². The topological polar surface area (TPSA) is 58.4 Å². The first-order valence-electron chi connectivity index (χ1n) is 4.34. The molecule has 2 rings (SSSR count). The van der Waals surface area contributed by atoms with Gasteiger partial charge >= 0.3 is 5.00 Å². The van der Waals surface area contributed by atoms with Crippen molar-refractivity contribution in [2.45, 2.75) is 6.04 Å². The first-order valence-corrected chi connectivity index (χ1v) is 5.22. The molecule has 76 valence electrons. The van der Waals surface area contributed by atoms with Crippen molar-refractivity contribution in [1.82, 2.24) is 4.90 Å². The van der Waals surface area contributed by atoms with Crippen LogP contribution in [0.5, 0.6) is 0 Å². The molecule has 0 spiro atoms. The van der Waals surface area contributed by atoms with Gasteiger partial charge in [-0.25, -0.2) is 0 Å². The van der Waals surface area contributed by atoms with Crippen LogP contribution in [0.3, 0.4) is 0 Å². The summed E-state index contributed by atoms with van der Waals surface area (Å²) in [6, 6.07) is 2.12. The Labute approximate surface area is 85.5 Å². The highest BCUT2D eigenvalue weighted by Crippen LogP contribution is 2.31. The summed E-state index contributed by atoms with van der Waals surface area (Å²) >= 11 is 1.16. The number of hydrogen-bond acceptors (Lipinski definition) is 5. The molecule has 1 aromatic heterocycles. The van der Waals surface area contributed by atoms with Gasteiger partial charge in [0.05, 0.1) is 11.0 Å². The predicted molar refractivity (Wildman–Crippen MR) is 55.9 cm³/mol. The minimum Gasteiger partial charge on any atom is -0.373 e. The quantitative estimate of drug-likeness (QED) is 0.608. The molecule has 2 heterocycles. The third-order valence-electron chi connectivity index (χ3n) is 2.23. The van der Waals surface area contributed by atoms with E-state index in [1.807, 2.05) is 7.05 Å². The number of nitro groups is 1. The Bertz CT molecular complexity index is 346. The number of nitrogens with one attached hydrogen (secondary N) is 1. The fourth-order valence-corrected chi connectivity index (χ4v) is 2.24. The zero-order valence-corrected chi connectivity index (χ0v) is 8.58. The average Bonchev–Trinajstić information content (AvgIpc) is 2.49. The maximum Gasteiger partial charge on any atom is 0.347 e. The van der Waals surface area contributed by atoms with Gasteiger partial charge in [0.1, 0.15) is 5.69 Å². The van der Waals surface area contributed by atoms with E-state index in [4.69, 9.17) is 0 Å². The van der Waals surface area contributed by atoms with E-state index >= 15 is 0 Å². The van der Waals surface area contributed by atoms with Crippen LogP contribution in [0.15, 0.2) is 11.4 Å². The van der Waals surface area contributed by atoms with E-state index in [0.717, 1.165) is 24.4 Å². The zero-order valence-electron chi connectivity index (χ0n) is 7.77. The maximum atomic E-state index is 10.6. The molecule has 0 aromatic carbocycles. The highest BCUT2D eigenvalue weighted by atomic mass is 32.1.